The predicted octanol–water partition coefficient (Wildman–Crippen LogP) is 2.52. The van der Waals surface area contributed by atoms with Gasteiger partial charge >= 0.3 is 0 Å². The van der Waals surface area contributed by atoms with Crippen molar-refractivity contribution >= 4 is 11.6 Å². The molecule has 2 N–H and O–H groups in total. The Morgan fingerprint density at radius 3 is 2.67 bits per heavy atom. The van der Waals surface area contributed by atoms with Crippen LogP contribution < -0.4 is 5.32 Å². The summed E-state index contributed by atoms with van der Waals surface area (Å²) < 4.78 is 0. The largest absolute Gasteiger partial charge is 0.508 e. The Hall–Kier alpha value is -2.80. The fraction of sp³-hybridized carbons (Fsp3) is 0. The van der Waals surface area contributed by atoms with Crippen LogP contribution in [0.25, 0.3) is 0 Å². The molecule has 2 aromatic rings. The molecule has 88 valence electrons. The van der Waals surface area contributed by atoms with Crippen molar-refractivity contribution in [2.24, 2.45) is 0 Å². The summed E-state index contributed by atoms with van der Waals surface area (Å²) in [6.45, 7) is 0. The van der Waals surface area contributed by atoms with Crippen LogP contribution in [-0.4, -0.2) is 11.0 Å². The number of rotatable bonds is 2. The van der Waals surface area contributed by atoms with E-state index in [2.05, 4.69) is 5.32 Å². The molecule has 0 unspecified atom stereocenters. The monoisotopic (exact) mass is 238 g/mol. The number of carbonyl (C=O) groups excluding carboxylic acids is 1. The van der Waals surface area contributed by atoms with Gasteiger partial charge in [-0.3, -0.25) is 4.79 Å². The van der Waals surface area contributed by atoms with Crippen LogP contribution >= 0.6 is 0 Å². The van der Waals surface area contributed by atoms with Crippen molar-refractivity contribution in [3.63, 3.8) is 0 Å². The lowest BCUT2D eigenvalue weighted by molar-refractivity contribution is 0.102. The van der Waals surface area contributed by atoms with Crippen LogP contribution in [0.2, 0.25) is 0 Å². The van der Waals surface area contributed by atoms with Gasteiger partial charge in [-0.15, -0.1) is 0 Å². The average molecular weight is 238 g/mol. The zero-order valence-electron chi connectivity index (χ0n) is 9.42. The molecule has 2 rings (SSSR count). The molecule has 0 saturated heterocycles. The van der Waals surface area contributed by atoms with Gasteiger partial charge in [0.2, 0.25) is 0 Å². The number of aromatic hydroxyl groups is 1. The molecule has 4 nitrogen and oxygen atoms in total. The van der Waals surface area contributed by atoms with E-state index in [0.717, 1.165) is 0 Å². The minimum Gasteiger partial charge on any atom is -0.508 e. The topological polar surface area (TPSA) is 73.1 Å². The van der Waals surface area contributed by atoms with E-state index >= 15 is 0 Å². The molecule has 0 heterocycles. The molecule has 0 aliphatic rings. The number of amides is 1. The smallest absolute Gasteiger partial charge is 0.255 e. The van der Waals surface area contributed by atoms with Gasteiger partial charge in [-0.2, -0.15) is 5.26 Å². The van der Waals surface area contributed by atoms with Crippen molar-refractivity contribution in [1.29, 1.82) is 5.26 Å². The molecule has 0 aliphatic carbocycles. The van der Waals surface area contributed by atoms with Gasteiger partial charge in [0, 0.05) is 17.3 Å². The first-order valence-corrected chi connectivity index (χ1v) is 5.29. The van der Waals surface area contributed by atoms with E-state index in [9.17, 15) is 9.90 Å². The standard InChI is InChI=1S/C14H10N2O2/c15-9-10-3-1-4-11(7-10)14(18)16-12-5-2-6-13(17)8-12/h1-8,17H,(H,16,18). The van der Waals surface area contributed by atoms with Crippen molar-refractivity contribution < 1.29 is 9.90 Å². The molecule has 0 aliphatic heterocycles. The first-order chi connectivity index (χ1) is 8.69. The minimum absolute atomic E-state index is 0.0820. The van der Waals surface area contributed by atoms with Gasteiger partial charge in [-0.05, 0) is 30.3 Å². The Balaban J connectivity index is 2.20. The van der Waals surface area contributed by atoms with Gasteiger partial charge in [0.1, 0.15) is 5.75 Å². The Kier molecular flexibility index (Phi) is 3.26. The van der Waals surface area contributed by atoms with Crippen molar-refractivity contribution in [3.8, 4) is 11.8 Å². The second kappa shape index (κ2) is 5.02. The van der Waals surface area contributed by atoms with E-state index < -0.39 is 0 Å². The van der Waals surface area contributed by atoms with Gasteiger partial charge in [0.05, 0.1) is 11.6 Å². The summed E-state index contributed by atoms with van der Waals surface area (Å²) in [7, 11) is 0. The predicted molar refractivity (Wildman–Crippen MR) is 67.2 cm³/mol. The average Bonchev–Trinajstić information content (AvgIpc) is 2.39. The van der Waals surface area contributed by atoms with E-state index in [1.165, 1.54) is 18.2 Å². The number of benzene rings is 2. The molecule has 0 bridgehead atoms. The zero-order valence-corrected chi connectivity index (χ0v) is 9.42. The van der Waals surface area contributed by atoms with Crippen LogP contribution in [0, 0.1) is 11.3 Å². The number of anilines is 1. The minimum atomic E-state index is -0.322. The molecule has 4 heteroatoms. The van der Waals surface area contributed by atoms with E-state index in [0.29, 0.717) is 16.8 Å². The maximum atomic E-state index is 11.9. The van der Waals surface area contributed by atoms with Crippen molar-refractivity contribution in [3.05, 3.63) is 59.7 Å². The fourth-order valence-corrected chi connectivity index (χ4v) is 1.52. The summed E-state index contributed by atoms with van der Waals surface area (Å²) in [4.78, 5) is 11.9. The number of carbonyl (C=O) groups is 1. The van der Waals surface area contributed by atoms with Crippen LogP contribution in [0.5, 0.6) is 5.75 Å². The first kappa shape index (κ1) is 11.7. The third-order valence-electron chi connectivity index (χ3n) is 2.36. The van der Waals surface area contributed by atoms with Gasteiger partial charge in [0.15, 0.2) is 0 Å². The summed E-state index contributed by atoms with van der Waals surface area (Å²) in [6.07, 6.45) is 0. The molecule has 0 saturated carbocycles. The molecule has 18 heavy (non-hydrogen) atoms. The normalized spacial score (nSPS) is 9.50. The first-order valence-electron chi connectivity index (χ1n) is 5.29. The second-order valence-corrected chi connectivity index (χ2v) is 3.70. The molecule has 2 aromatic carbocycles. The molecule has 0 atom stereocenters. The van der Waals surface area contributed by atoms with Gasteiger partial charge < -0.3 is 10.4 Å². The quantitative estimate of drug-likeness (QED) is 0.844. The SMILES string of the molecule is N#Cc1cccc(C(=O)Nc2cccc(O)c2)c1. The number of hydrogen-bond acceptors (Lipinski definition) is 3. The molecule has 0 spiro atoms. The van der Waals surface area contributed by atoms with Crippen LogP contribution in [0.3, 0.4) is 0 Å². The van der Waals surface area contributed by atoms with Crippen LogP contribution in [0.1, 0.15) is 15.9 Å². The lowest BCUT2D eigenvalue weighted by Crippen LogP contribution is -2.11. The van der Waals surface area contributed by atoms with Gasteiger partial charge in [-0.1, -0.05) is 12.1 Å². The fourth-order valence-electron chi connectivity index (χ4n) is 1.52. The Morgan fingerprint density at radius 1 is 1.17 bits per heavy atom. The summed E-state index contributed by atoms with van der Waals surface area (Å²) in [5, 5.41) is 20.7. The summed E-state index contributed by atoms with van der Waals surface area (Å²) >= 11 is 0. The lowest BCUT2D eigenvalue weighted by Gasteiger charge is -2.05. The molecular weight excluding hydrogens is 228 g/mol. The highest BCUT2D eigenvalue weighted by molar-refractivity contribution is 6.04. The lowest BCUT2D eigenvalue weighted by atomic mass is 10.1. The maximum absolute atomic E-state index is 11.9. The number of hydrogen-bond donors (Lipinski definition) is 2. The van der Waals surface area contributed by atoms with Crippen molar-refractivity contribution in [2.45, 2.75) is 0 Å². The second-order valence-electron chi connectivity index (χ2n) is 3.70. The number of nitrogens with zero attached hydrogens (tertiary/aromatic N) is 1. The van der Waals surface area contributed by atoms with Crippen LogP contribution in [0.4, 0.5) is 5.69 Å². The van der Waals surface area contributed by atoms with E-state index in [1.807, 2.05) is 6.07 Å². The number of nitrogens with one attached hydrogen (secondary N) is 1. The summed E-state index contributed by atoms with van der Waals surface area (Å²) in [5.74, 6) is -0.240. The highest BCUT2D eigenvalue weighted by Gasteiger charge is 2.06. The highest BCUT2D eigenvalue weighted by atomic mass is 16.3. The number of phenolic OH excluding ortho intramolecular Hbond substituents is 1. The molecular formula is C14H10N2O2. The van der Waals surface area contributed by atoms with E-state index in [-0.39, 0.29) is 11.7 Å². The van der Waals surface area contributed by atoms with Crippen LogP contribution in [-0.2, 0) is 0 Å². The number of phenols is 1. The summed E-state index contributed by atoms with van der Waals surface area (Å²) in [6, 6.07) is 14.7. The van der Waals surface area contributed by atoms with Crippen LogP contribution in [0.15, 0.2) is 48.5 Å². The number of nitriles is 1. The molecule has 0 fully saturated rings. The molecule has 1 amide bonds. The van der Waals surface area contributed by atoms with Gasteiger partial charge in [-0.25, -0.2) is 0 Å². The highest BCUT2D eigenvalue weighted by Crippen LogP contribution is 2.16. The Labute approximate surface area is 104 Å². The van der Waals surface area contributed by atoms with Gasteiger partial charge in [0.25, 0.3) is 5.91 Å². The van der Waals surface area contributed by atoms with E-state index in [1.54, 1.807) is 30.3 Å². The Morgan fingerprint density at radius 2 is 1.94 bits per heavy atom. The van der Waals surface area contributed by atoms with Crippen molar-refractivity contribution in [1.82, 2.24) is 0 Å². The Bertz CT molecular complexity index is 630. The third-order valence-corrected chi connectivity index (χ3v) is 2.36. The third kappa shape index (κ3) is 2.66. The van der Waals surface area contributed by atoms with Crippen molar-refractivity contribution in [2.75, 3.05) is 5.32 Å². The maximum Gasteiger partial charge on any atom is 0.255 e. The molecule has 0 aromatic heterocycles. The summed E-state index contributed by atoms with van der Waals surface area (Å²) in [5.41, 5.74) is 1.33. The molecule has 0 radical (unpaired) electrons. The zero-order chi connectivity index (χ0) is 13.0. The van der Waals surface area contributed by atoms with E-state index in [4.69, 9.17) is 5.26 Å².